The maximum absolute atomic E-state index is 11.6. The largest absolute Gasteiger partial charge is 0.494 e. The van der Waals surface area contributed by atoms with Gasteiger partial charge in [0, 0.05) is 11.4 Å². The summed E-state index contributed by atoms with van der Waals surface area (Å²) in [4.78, 5) is 0. The number of hydrogen-bond acceptors (Lipinski definition) is 4. The third-order valence-corrected chi connectivity index (χ3v) is 4.50. The highest BCUT2D eigenvalue weighted by molar-refractivity contribution is 7.91. The number of unbranched alkanes of at least 4 members (excludes halogenated alkanes) is 1. The molecule has 4 nitrogen and oxygen atoms in total. The van der Waals surface area contributed by atoms with Crippen molar-refractivity contribution in [2.45, 2.75) is 19.3 Å². The van der Waals surface area contributed by atoms with Gasteiger partial charge in [0.2, 0.25) is 0 Å². The number of hydrogen-bond donors (Lipinski definition) is 0. The van der Waals surface area contributed by atoms with E-state index in [9.17, 15) is 8.42 Å². The van der Waals surface area contributed by atoms with Crippen molar-refractivity contribution in [2.24, 2.45) is 0 Å². The second kappa shape index (κ2) is 8.03. The second-order valence-electron chi connectivity index (χ2n) is 4.07. The Morgan fingerprint density at radius 1 is 1.16 bits per heavy atom. The summed E-state index contributed by atoms with van der Waals surface area (Å²) in [5, 5.41) is 8.98. The number of nitriles is 1. The van der Waals surface area contributed by atoms with Gasteiger partial charge < -0.3 is 4.74 Å². The zero-order valence-electron chi connectivity index (χ0n) is 10.5. The number of halogens is 1. The van der Waals surface area contributed by atoms with Gasteiger partial charge in [-0.3, -0.25) is 0 Å². The van der Waals surface area contributed by atoms with Crippen LogP contribution in [0.5, 0.6) is 5.75 Å². The molecule has 1 rings (SSSR count). The van der Waals surface area contributed by atoms with Crippen LogP contribution in [-0.4, -0.2) is 26.5 Å². The smallest absolute Gasteiger partial charge is 0.150 e. The maximum atomic E-state index is 11.6. The molecule has 0 aliphatic rings. The van der Waals surface area contributed by atoms with E-state index >= 15 is 0 Å². The quantitative estimate of drug-likeness (QED) is 0.692. The van der Waals surface area contributed by atoms with Gasteiger partial charge in [-0.1, -0.05) is 11.6 Å². The Morgan fingerprint density at radius 2 is 1.79 bits per heavy atom. The summed E-state index contributed by atoms with van der Waals surface area (Å²) in [5.41, 5.74) is 0. The minimum absolute atomic E-state index is 0.0709. The molecule has 0 atom stereocenters. The third kappa shape index (κ3) is 7.04. The van der Waals surface area contributed by atoms with Crippen LogP contribution in [0.2, 0.25) is 5.02 Å². The summed E-state index contributed by atoms with van der Waals surface area (Å²) in [6.45, 7) is 0.346. The number of ether oxygens (including phenoxy) is 1. The third-order valence-electron chi connectivity index (χ3n) is 2.43. The van der Waals surface area contributed by atoms with E-state index in [0.29, 0.717) is 30.2 Å². The molecule has 1 aromatic rings. The molecule has 104 valence electrons. The average molecular weight is 302 g/mol. The number of sulfone groups is 1. The lowest BCUT2D eigenvalue weighted by Crippen LogP contribution is -2.13. The van der Waals surface area contributed by atoms with E-state index in [-0.39, 0.29) is 17.9 Å². The molecular formula is C13H16ClNO3S. The van der Waals surface area contributed by atoms with Gasteiger partial charge in [0.05, 0.1) is 24.2 Å². The fourth-order valence-corrected chi connectivity index (χ4v) is 2.94. The van der Waals surface area contributed by atoms with Gasteiger partial charge in [-0.05, 0) is 37.1 Å². The van der Waals surface area contributed by atoms with Gasteiger partial charge in [-0.15, -0.1) is 0 Å². The molecule has 0 unspecified atom stereocenters. The van der Waals surface area contributed by atoms with E-state index in [2.05, 4.69) is 0 Å². The van der Waals surface area contributed by atoms with Gasteiger partial charge in [0.15, 0.2) is 0 Å². The molecule has 19 heavy (non-hydrogen) atoms. The SMILES string of the molecule is N#CCCCS(=O)(=O)CCCOc1ccc(Cl)cc1. The molecule has 0 radical (unpaired) electrons. The Balaban J connectivity index is 2.23. The maximum Gasteiger partial charge on any atom is 0.150 e. The fourth-order valence-electron chi connectivity index (χ4n) is 1.47. The topological polar surface area (TPSA) is 67.2 Å². The van der Waals surface area contributed by atoms with Gasteiger partial charge in [0.1, 0.15) is 15.6 Å². The molecule has 0 saturated heterocycles. The van der Waals surface area contributed by atoms with Crippen LogP contribution >= 0.6 is 11.6 Å². The van der Waals surface area contributed by atoms with Crippen LogP contribution in [0.1, 0.15) is 19.3 Å². The van der Waals surface area contributed by atoms with Crippen molar-refractivity contribution < 1.29 is 13.2 Å². The number of benzene rings is 1. The summed E-state index contributed by atoms with van der Waals surface area (Å²) in [7, 11) is -3.07. The molecule has 0 aliphatic heterocycles. The molecule has 0 aromatic heterocycles. The van der Waals surface area contributed by atoms with Crippen LogP contribution in [0.4, 0.5) is 0 Å². The Kier molecular flexibility index (Phi) is 6.68. The van der Waals surface area contributed by atoms with E-state index in [1.54, 1.807) is 24.3 Å². The highest BCUT2D eigenvalue weighted by atomic mass is 35.5. The highest BCUT2D eigenvalue weighted by Crippen LogP contribution is 2.15. The summed E-state index contributed by atoms with van der Waals surface area (Å²) in [6.07, 6.45) is 1.12. The molecule has 0 heterocycles. The molecule has 0 N–H and O–H groups in total. The van der Waals surface area contributed by atoms with Crippen molar-refractivity contribution in [3.63, 3.8) is 0 Å². The lowest BCUT2D eigenvalue weighted by Gasteiger charge is -2.06. The predicted octanol–water partition coefficient (Wildman–Crippen LogP) is 2.83. The van der Waals surface area contributed by atoms with E-state index in [1.165, 1.54) is 0 Å². The molecule has 0 fully saturated rings. The number of nitrogens with zero attached hydrogens (tertiary/aromatic N) is 1. The zero-order chi connectivity index (χ0) is 14.1. The molecule has 0 amide bonds. The van der Waals surface area contributed by atoms with Gasteiger partial charge in [-0.25, -0.2) is 8.42 Å². The van der Waals surface area contributed by atoms with Crippen LogP contribution in [0.15, 0.2) is 24.3 Å². The molecular weight excluding hydrogens is 286 g/mol. The summed E-state index contributed by atoms with van der Waals surface area (Å²) >= 11 is 5.74. The molecule has 0 bridgehead atoms. The first kappa shape index (κ1) is 15.8. The van der Waals surface area contributed by atoms with Crippen LogP contribution in [0.3, 0.4) is 0 Å². The lowest BCUT2D eigenvalue weighted by atomic mass is 10.3. The van der Waals surface area contributed by atoms with Crippen molar-refractivity contribution in [1.82, 2.24) is 0 Å². The Hall–Kier alpha value is -1.25. The van der Waals surface area contributed by atoms with Crippen molar-refractivity contribution in [2.75, 3.05) is 18.1 Å². The lowest BCUT2D eigenvalue weighted by molar-refractivity contribution is 0.317. The van der Waals surface area contributed by atoms with Crippen molar-refractivity contribution >= 4 is 21.4 Å². The minimum Gasteiger partial charge on any atom is -0.494 e. The van der Waals surface area contributed by atoms with E-state index in [0.717, 1.165) is 0 Å². The minimum atomic E-state index is -3.07. The predicted molar refractivity (Wildman–Crippen MR) is 75.1 cm³/mol. The van der Waals surface area contributed by atoms with Crippen LogP contribution in [0.25, 0.3) is 0 Å². The molecule has 1 aromatic carbocycles. The van der Waals surface area contributed by atoms with Gasteiger partial charge in [-0.2, -0.15) is 5.26 Å². The van der Waals surface area contributed by atoms with Gasteiger partial charge >= 0.3 is 0 Å². The first-order valence-electron chi connectivity index (χ1n) is 5.99. The van der Waals surface area contributed by atoms with Crippen LogP contribution in [0, 0.1) is 11.3 Å². The molecule has 0 aliphatic carbocycles. The molecule has 6 heteroatoms. The van der Waals surface area contributed by atoms with Crippen molar-refractivity contribution in [3.8, 4) is 11.8 Å². The first-order valence-corrected chi connectivity index (χ1v) is 8.19. The average Bonchev–Trinajstić information content (AvgIpc) is 2.37. The van der Waals surface area contributed by atoms with Crippen LogP contribution < -0.4 is 4.74 Å². The monoisotopic (exact) mass is 301 g/mol. The van der Waals surface area contributed by atoms with Gasteiger partial charge in [0.25, 0.3) is 0 Å². The summed E-state index contributed by atoms with van der Waals surface area (Å²) < 4.78 is 28.6. The molecule has 0 spiro atoms. The van der Waals surface area contributed by atoms with E-state index < -0.39 is 9.84 Å². The summed E-state index contributed by atoms with van der Waals surface area (Å²) in [5.74, 6) is 0.833. The second-order valence-corrected chi connectivity index (χ2v) is 6.81. The zero-order valence-corrected chi connectivity index (χ0v) is 12.1. The van der Waals surface area contributed by atoms with Crippen molar-refractivity contribution in [3.05, 3.63) is 29.3 Å². The highest BCUT2D eigenvalue weighted by Gasteiger charge is 2.10. The van der Waals surface area contributed by atoms with Crippen LogP contribution in [-0.2, 0) is 9.84 Å². The Bertz CT molecular complexity index is 520. The standard InChI is InChI=1S/C13H16ClNO3S/c14-12-4-6-13(7-5-12)18-9-3-11-19(16,17)10-2-1-8-15/h4-7H,1-3,9-11H2. The molecule has 0 saturated carbocycles. The van der Waals surface area contributed by atoms with E-state index in [4.69, 9.17) is 21.6 Å². The fraction of sp³-hybridized carbons (Fsp3) is 0.462. The normalized spacial score (nSPS) is 10.9. The number of rotatable bonds is 8. The first-order chi connectivity index (χ1) is 9.03. The Morgan fingerprint density at radius 3 is 2.42 bits per heavy atom. The summed E-state index contributed by atoms with van der Waals surface area (Å²) in [6, 6.07) is 8.85. The van der Waals surface area contributed by atoms with Crippen molar-refractivity contribution in [1.29, 1.82) is 5.26 Å². The van der Waals surface area contributed by atoms with E-state index in [1.807, 2.05) is 6.07 Å². The Labute approximate surface area is 118 Å².